The molecule has 2 atom stereocenters. The molecule has 1 heterocycles. The molecule has 0 amide bonds. The molecule has 1 aliphatic carbocycles. The van der Waals surface area contributed by atoms with Crippen LogP contribution in [0.15, 0.2) is 36.5 Å². The lowest BCUT2D eigenvalue weighted by Crippen LogP contribution is -2.25. The van der Waals surface area contributed by atoms with Gasteiger partial charge in [-0.15, -0.1) is 0 Å². The number of benzene rings is 1. The number of hydrogen-bond acceptors (Lipinski definition) is 2. The van der Waals surface area contributed by atoms with Crippen molar-refractivity contribution in [2.45, 2.75) is 38.5 Å². The van der Waals surface area contributed by atoms with E-state index in [0.717, 1.165) is 24.5 Å². The van der Waals surface area contributed by atoms with Gasteiger partial charge in [0.15, 0.2) is 0 Å². The summed E-state index contributed by atoms with van der Waals surface area (Å²) in [5, 5.41) is 4.87. The topological polar surface area (TPSA) is 24.9 Å². The molecule has 1 aliphatic rings. The monoisotopic (exact) mass is 268 g/mol. The summed E-state index contributed by atoms with van der Waals surface area (Å²) < 4.78 is 0. The number of rotatable bonds is 5. The van der Waals surface area contributed by atoms with Gasteiger partial charge in [-0.2, -0.15) is 0 Å². The zero-order valence-electron chi connectivity index (χ0n) is 12.3. The third-order valence-corrected chi connectivity index (χ3v) is 4.53. The molecule has 2 nitrogen and oxygen atoms in total. The van der Waals surface area contributed by atoms with Gasteiger partial charge in [0.1, 0.15) is 0 Å². The van der Waals surface area contributed by atoms with E-state index in [1.165, 1.54) is 36.6 Å². The second kappa shape index (κ2) is 6.36. The Labute approximate surface area is 121 Å². The molecule has 0 saturated heterocycles. The molecule has 0 radical (unpaired) electrons. The van der Waals surface area contributed by atoms with Gasteiger partial charge in [-0.25, -0.2) is 0 Å². The number of nitrogens with one attached hydrogen (secondary N) is 1. The van der Waals surface area contributed by atoms with Crippen LogP contribution < -0.4 is 5.32 Å². The summed E-state index contributed by atoms with van der Waals surface area (Å²) >= 11 is 0. The van der Waals surface area contributed by atoms with E-state index < -0.39 is 0 Å². The minimum absolute atomic E-state index is 0.691. The molecule has 1 saturated carbocycles. The summed E-state index contributed by atoms with van der Waals surface area (Å²) in [6.07, 6.45) is 7.35. The van der Waals surface area contributed by atoms with Gasteiger partial charge in [-0.3, -0.25) is 4.98 Å². The highest BCUT2D eigenvalue weighted by Gasteiger charge is 2.28. The average molecular weight is 268 g/mol. The lowest BCUT2D eigenvalue weighted by atomic mass is 9.89. The second-order valence-corrected chi connectivity index (χ2v) is 5.96. The fraction of sp³-hybridized carbons (Fsp3) is 0.500. The lowest BCUT2D eigenvalue weighted by Gasteiger charge is -2.20. The molecule has 0 spiro atoms. The molecule has 0 aliphatic heterocycles. The maximum Gasteiger partial charge on any atom is 0.0702 e. The van der Waals surface area contributed by atoms with Gasteiger partial charge >= 0.3 is 0 Å². The number of fused-ring (bicyclic) bond motifs is 1. The van der Waals surface area contributed by atoms with Crippen molar-refractivity contribution in [1.82, 2.24) is 10.3 Å². The molecule has 1 N–H and O–H groups in total. The smallest absolute Gasteiger partial charge is 0.0702 e. The van der Waals surface area contributed by atoms with E-state index in [4.69, 9.17) is 0 Å². The average Bonchev–Trinajstić information content (AvgIpc) is 2.95. The summed E-state index contributed by atoms with van der Waals surface area (Å²) in [6, 6.07) is 10.8. The van der Waals surface area contributed by atoms with E-state index in [-0.39, 0.29) is 0 Å². The standard InChI is InChI=1S/C18H24N2/c1-2-10-19-12-15-7-5-8-17(15)16-11-14-6-3-4-9-18(14)20-13-16/h3-4,6,9,11,13,15,17,19H,2,5,7-8,10,12H2,1H3. The first kappa shape index (κ1) is 13.6. The molecule has 1 fully saturated rings. The number of hydrogen-bond donors (Lipinski definition) is 1. The molecule has 106 valence electrons. The Morgan fingerprint density at radius 3 is 3.05 bits per heavy atom. The van der Waals surface area contributed by atoms with Crippen molar-refractivity contribution in [1.29, 1.82) is 0 Å². The maximum atomic E-state index is 4.64. The maximum absolute atomic E-state index is 4.64. The fourth-order valence-electron chi connectivity index (χ4n) is 3.48. The molecule has 2 unspecified atom stereocenters. The van der Waals surface area contributed by atoms with Gasteiger partial charge in [0.25, 0.3) is 0 Å². The largest absolute Gasteiger partial charge is 0.316 e. The molecule has 2 aromatic rings. The van der Waals surface area contributed by atoms with E-state index in [1.807, 2.05) is 0 Å². The summed E-state index contributed by atoms with van der Waals surface area (Å²) in [4.78, 5) is 4.64. The van der Waals surface area contributed by atoms with Gasteiger partial charge in [0.2, 0.25) is 0 Å². The Morgan fingerprint density at radius 2 is 2.15 bits per heavy atom. The summed E-state index contributed by atoms with van der Waals surface area (Å²) in [5.74, 6) is 1.47. The second-order valence-electron chi connectivity index (χ2n) is 5.96. The molecular formula is C18H24N2. The molecule has 1 aromatic carbocycles. The zero-order valence-corrected chi connectivity index (χ0v) is 12.3. The first-order valence-electron chi connectivity index (χ1n) is 7.94. The highest BCUT2D eigenvalue weighted by atomic mass is 14.9. The van der Waals surface area contributed by atoms with E-state index in [9.17, 15) is 0 Å². The predicted octanol–water partition coefficient (Wildman–Crippen LogP) is 4.12. The third kappa shape index (κ3) is 2.85. The van der Waals surface area contributed by atoms with Gasteiger partial charge in [0, 0.05) is 11.6 Å². The Kier molecular flexibility index (Phi) is 4.31. The van der Waals surface area contributed by atoms with Gasteiger partial charge < -0.3 is 5.32 Å². The minimum Gasteiger partial charge on any atom is -0.316 e. The summed E-state index contributed by atoms with van der Waals surface area (Å²) in [7, 11) is 0. The fourth-order valence-corrected chi connectivity index (χ4v) is 3.48. The number of nitrogens with zero attached hydrogens (tertiary/aromatic N) is 1. The normalized spacial score (nSPS) is 22.4. The molecule has 1 aromatic heterocycles. The van der Waals surface area contributed by atoms with Gasteiger partial charge in [-0.05, 0) is 61.9 Å². The van der Waals surface area contributed by atoms with Crippen LogP contribution >= 0.6 is 0 Å². The first-order chi connectivity index (χ1) is 9.88. The van der Waals surface area contributed by atoms with E-state index in [2.05, 4.69) is 53.8 Å². The van der Waals surface area contributed by atoms with E-state index in [1.54, 1.807) is 0 Å². The number of aromatic nitrogens is 1. The number of pyridine rings is 1. The highest BCUT2D eigenvalue weighted by molar-refractivity contribution is 5.78. The van der Waals surface area contributed by atoms with Crippen LogP contribution in [0.1, 0.15) is 44.1 Å². The zero-order chi connectivity index (χ0) is 13.8. The van der Waals surface area contributed by atoms with Gasteiger partial charge in [-0.1, -0.05) is 31.5 Å². The summed E-state index contributed by atoms with van der Waals surface area (Å²) in [5.41, 5.74) is 2.54. The van der Waals surface area contributed by atoms with Crippen LogP contribution in [0.25, 0.3) is 10.9 Å². The Bertz CT molecular complexity index is 564. The van der Waals surface area contributed by atoms with E-state index in [0.29, 0.717) is 5.92 Å². The van der Waals surface area contributed by atoms with Crippen molar-refractivity contribution < 1.29 is 0 Å². The minimum atomic E-state index is 0.691. The molecule has 2 heteroatoms. The van der Waals surface area contributed by atoms with Crippen LogP contribution in [0.2, 0.25) is 0 Å². The SMILES string of the molecule is CCCNCC1CCCC1c1cnc2ccccc2c1. The van der Waals surface area contributed by atoms with Crippen LogP contribution in [-0.2, 0) is 0 Å². The quantitative estimate of drug-likeness (QED) is 0.825. The van der Waals surface area contributed by atoms with Crippen LogP contribution in [0.4, 0.5) is 0 Å². The predicted molar refractivity (Wildman–Crippen MR) is 85.0 cm³/mol. The van der Waals surface area contributed by atoms with Crippen molar-refractivity contribution in [3.8, 4) is 0 Å². The molecule has 0 bridgehead atoms. The van der Waals surface area contributed by atoms with Crippen molar-refractivity contribution in [2.24, 2.45) is 5.92 Å². The van der Waals surface area contributed by atoms with E-state index >= 15 is 0 Å². The van der Waals surface area contributed by atoms with Crippen LogP contribution in [0, 0.1) is 5.92 Å². The van der Waals surface area contributed by atoms with Crippen molar-refractivity contribution in [3.63, 3.8) is 0 Å². The van der Waals surface area contributed by atoms with Gasteiger partial charge in [0.05, 0.1) is 5.52 Å². The van der Waals surface area contributed by atoms with Crippen LogP contribution in [0.5, 0.6) is 0 Å². The van der Waals surface area contributed by atoms with Crippen LogP contribution in [0.3, 0.4) is 0 Å². The highest BCUT2D eigenvalue weighted by Crippen LogP contribution is 2.39. The Balaban J connectivity index is 1.78. The van der Waals surface area contributed by atoms with Crippen molar-refractivity contribution >= 4 is 10.9 Å². The Morgan fingerprint density at radius 1 is 1.25 bits per heavy atom. The number of para-hydroxylation sites is 1. The molecule has 3 rings (SSSR count). The first-order valence-corrected chi connectivity index (χ1v) is 7.94. The summed E-state index contributed by atoms with van der Waals surface area (Å²) in [6.45, 7) is 4.52. The molecular weight excluding hydrogens is 244 g/mol. The third-order valence-electron chi connectivity index (χ3n) is 4.53. The Hall–Kier alpha value is -1.41. The van der Waals surface area contributed by atoms with Crippen molar-refractivity contribution in [3.05, 3.63) is 42.1 Å². The lowest BCUT2D eigenvalue weighted by molar-refractivity contribution is 0.444. The van der Waals surface area contributed by atoms with Crippen molar-refractivity contribution in [2.75, 3.05) is 13.1 Å². The van der Waals surface area contributed by atoms with Crippen LogP contribution in [-0.4, -0.2) is 18.1 Å². The molecule has 20 heavy (non-hydrogen) atoms.